The molecule has 0 bridgehead atoms. The lowest BCUT2D eigenvalue weighted by Crippen LogP contribution is -2.30. The van der Waals surface area contributed by atoms with E-state index >= 15 is 0 Å². The van der Waals surface area contributed by atoms with Gasteiger partial charge in [0, 0.05) is 0 Å². The Morgan fingerprint density at radius 3 is 2.24 bits per heavy atom. The van der Waals surface area contributed by atoms with E-state index in [0.29, 0.717) is 0 Å². The van der Waals surface area contributed by atoms with Gasteiger partial charge in [-0.25, -0.2) is 18.0 Å². The zero-order chi connectivity index (χ0) is 18.6. The maximum absolute atomic E-state index is 13.6. The average molecular weight is 353 g/mol. The van der Waals surface area contributed by atoms with Crippen molar-refractivity contribution in [2.24, 2.45) is 0 Å². The second-order valence-corrected chi connectivity index (χ2v) is 4.98. The number of ether oxygens (including phenoxy) is 2. The summed E-state index contributed by atoms with van der Waals surface area (Å²) < 4.78 is 50.2. The van der Waals surface area contributed by atoms with Gasteiger partial charge in [0.1, 0.15) is 17.3 Å². The van der Waals surface area contributed by atoms with Crippen LogP contribution in [-0.4, -0.2) is 25.1 Å². The summed E-state index contributed by atoms with van der Waals surface area (Å²) in [6.45, 7) is 1.21. The minimum absolute atomic E-state index is 0.0580. The lowest BCUT2D eigenvalue weighted by molar-refractivity contribution is -0.123. The minimum atomic E-state index is -1.36. The molecule has 0 unspecified atom stereocenters. The molecule has 1 atom stereocenters. The van der Waals surface area contributed by atoms with E-state index in [2.05, 4.69) is 0 Å². The standard InChI is InChI=1S/C17H14F3NO4/c1-9(16(22)21-15-11(18)4-3-5-12(15)19)25-17(23)10-6-7-14(24-2)13(20)8-10/h3-9H,1-2H3,(H,21,22)/t9-/m1/s1. The van der Waals surface area contributed by atoms with Gasteiger partial charge in [0.15, 0.2) is 17.7 Å². The van der Waals surface area contributed by atoms with Crippen LogP contribution in [0.1, 0.15) is 17.3 Å². The van der Waals surface area contributed by atoms with Crippen LogP contribution >= 0.6 is 0 Å². The summed E-state index contributed by atoms with van der Waals surface area (Å²) in [5.41, 5.74) is -0.791. The van der Waals surface area contributed by atoms with Gasteiger partial charge in [-0.3, -0.25) is 4.79 Å². The van der Waals surface area contributed by atoms with Crippen molar-refractivity contribution in [3.8, 4) is 5.75 Å². The van der Waals surface area contributed by atoms with E-state index in [1.54, 1.807) is 0 Å². The first-order chi connectivity index (χ1) is 11.8. The van der Waals surface area contributed by atoms with Crippen molar-refractivity contribution in [3.05, 3.63) is 59.4 Å². The molecule has 2 aromatic carbocycles. The first-order valence-electron chi connectivity index (χ1n) is 7.13. The molecule has 0 aliphatic rings. The number of rotatable bonds is 5. The quantitative estimate of drug-likeness (QED) is 0.838. The third-order valence-electron chi connectivity index (χ3n) is 3.25. The molecule has 0 aliphatic heterocycles. The number of amides is 1. The van der Waals surface area contributed by atoms with Crippen LogP contribution < -0.4 is 10.1 Å². The second kappa shape index (κ2) is 7.69. The highest BCUT2D eigenvalue weighted by atomic mass is 19.1. The van der Waals surface area contributed by atoms with Crippen molar-refractivity contribution in [1.82, 2.24) is 0 Å². The third kappa shape index (κ3) is 4.28. The largest absolute Gasteiger partial charge is 0.494 e. The molecule has 132 valence electrons. The fourth-order valence-electron chi connectivity index (χ4n) is 1.92. The number of hydrogen-bond acceptors (Lipinski definition) is 4. The molecule has 0 spiro atoms. The van der Waals surface area contributed by atoms with Gasteiger partial charge in [-0.1, -0.05) is 6.07 Å². The van der Waals surface area contributed by atoms with E-state index in [1.807, 2.05) is 5.32 Å². The Labute approximate surface area is 141 Å². The minimum Gasteiger partial charge on any atom is -0.494 e. The van der Waals surface area contributed by atoms with Crippen molar-refractivity contribution in [1.29, 1.82) is 0 Å². The lowest BCUT2D eigenvalue weighted by Gasteiger charge is -2.14. The number of carbonyl (C=O) groups is 2. The first kappa shape index (κ1) is 18.3. The normalized spacial score (nSPS) is 11.6. The van der Waals surface area contributed by atoms with Crippen LogP contribution in [0.4, 0.5) is 18.9 Å². The van der Waals surface area contributed by atoms with E-state index in [9.17, 15) is 22.8 Å². The first-order valence-corrected chi connectivity index (χ1v) is 7.13. The molecule has 5 nitrogen and oxygen atoms in total. The van der Waals surface area contributed by atoms with Gasteiger partial charge in [-0.05, 0) is 37.3 Å². The Balaban J connectivity index is 2.05. The number of esters is 1. The predicted molar refractivity (Wildman–Crippen MR) is 82.8 cm³/mol. The van der Waals surface area contributed by atoms with Crippen molar-refractivity contribution in [2.45, 2.75) is 13.0 Å². The van der Waals surface area contributed by atoms with Crippen molar-refractivity contribution in [3.63, 3.8) is 0 Å². The summed E-state index contributed by atoms with van der Waals surface area (Å²) >= 11 is 0. The summed E-state index contributed by atoms with van der Waals surface area (Å²) in [6.07, 6.45) is -1.36. The Bertz CT molecular complexity index is 790. The van der Waals surface area contributed by atoms with E-state index in [1.165, 1.54) is 26.2 Å². The van der Waals surface area contributed by atoms with Crippen LogP contribution in [0.25, 0.3) is 0 Å². The molecular formula is C17H14F3NO4. The number of para-hydroxylation sites is 1. The van der Waals surface area contributed by atoms with Gasteiger partial charge in [-0.15, -0.1) is 0 Å². The molecule has 0 radical (unpaired) electrons. The molecule has 2 aromatic rings. The summed E-state index contributed by atoms with van der Waals surface area (Å²) in [7, 11) is 1.27. The lowest BCUT2D eigenvalue weighted by atomic mass is 10.2. The molecule has 2 rings (SSSR count). The van der Waals surface area contributed by atoms with E-state index in [0.717, 1.165) is 24.3 Å². The molecule has 8 heteroatoms. The van der Waals surface area contributed by atoms with Crippen molar-refractivity contribution in [2.75, 3.05) is 12.4 Å². The van der Waals surface area contributed by atoms with Crippen LogP contribution in [0.15, 0.2) is 36.4 Å². The highest BCUT2D eigenvalue weighted by molar-refractivity contribution is 5.97. The van der Waals surface area contributed by atoms with Crippen LogP contribution in [0.2, 0.25) is 0 Å². The second-order valence-electron chi connectivity index (χ2n) is 4.98. The van der Waals surface area contributed by atoms with Crippen LogP contribution in [0.3, 0.4) is 0 Å². The Hall–Kier alpha value is -3.03. The number of carbonyl (C=O) groups excluding carboxylic acids is 2. The van der Waals surface area contributed by atoms with Gasteiger partial charge in [0.25, 0.3) is 5.91 Å². The number of benzene rings is 2. The van der Waals surface area contributed by atoms with Gasteiger partial charge in [0.05, 0.1) is 12.7 Å². The van der Waals surface area contributed by atoms with Gasteiger partial charge >= 0.3 is 5.97 Å². The average Bonchev–Trinajstić information content (AvgIpc) is 2.57. The zero-order valence-electron chi connectivity index (χ0n) is 13.3. The smallest absolute Gasteiger partial charge is 0.339 e. The Morgan fingerprint density at radius 1 is 1.04 bits per heavy atom. The van der Waals surface area contributed by atoms with Gasteiger partial charge < -0.3 is 14.8 Å². The summed E-state index contributed by atoms with van der Waals surface area (Å²) in [4.78, 5) is 23.9. The van der Waals surface area contributed by atoms with E-state index in [-0.39, 0.29) is 11.3 Å². The number of nitrogens with one attached hydrogen (secondary N) is 1. The highest BCUT2D eigenvalue weighted by Crippen LogP contribution is 2.20. The van der Waals surface area contributed by atoms with Crippen LogP contribution in [0, 0.1) is 17.5 Å². The summed E-state index contributed by atoms with van der Waals surface area (Å²) in [5, 5.41) is 2.00. The molecule has 0 fully saturated rings. The number of methoxy groups -OCH3 is 1. The van der Waals surface area contributed by atoms with E-state index < -0.39 is 41.1 Å². The van der Waals surface area contributed by atoms with E-state index in [4.69, 9.17) is 9.47 Å². The SMILES string of the molecule is COc1ccc(C(=O)O[C@H](C)C(=O)Nc2c(F)cccc2F)cc1F. The molecule has 0 aliphatic carbocycles. The molecule has 0 saturated heterocycles. The molecule has 0 saturated carbocycles. The van der Waals surface area contributed by atoms with Crippen LogP contribution in [-0.2, 0) is 9.53 Å². The van der Waals surface area contributed by atoms with Crippen molar-refractivity contribution >= 4 is 17.6 Å². The maximum atomic E-state index is 13.6. The fourth-order valence-corrected chi connectivity index (χ4v) is 1.92. The van der Waals surface area contributed by atoms with Crippen molar-refractivity contribution < 1.29 is 32.2 Å². The highest BCUT2D eigenvalue weighted by Gasteiger charge is 2.22. The molecule has 25 heavy (non-hydrogen) atoms. The predicted octanol–water partition coefficient (Wildman–Crippen LogP) is 3.30. The van der Waals surface area contributed by atoms with Crippen LogP contribution in [0.5, 0.6) is 5.75 Å². The Kier molecular flexibility index (Phi) is 5.63. The van der Waals surface area contributed by atoms with Gasteiger partial charge in [0.2, 0.25) is 0 Å². The van der Waals surface area contributed by atoms with Gasteiger partial charge in [-0.2, -0.15) is 0 Å². The Morgan fingerprint density at radius 2 is 1.68 bits per heavy atom. The topological polar surface area (TPSA) is 64.6 Å². The molecular weight excluding hydrogens is 339 g/mol. The maximum Gasteiger partial charge on any atom is 0.339 e. The third-order valence-corrected chi connectivity index (χ3v) is 3.25. The molecule has 0 heterocycles. The molecule has 0 aromatic heterocycles. The zero-order valence-corrected chi connectivity index (χ0v) is 13.3. The summed E-state index contributed by atoms with van der Waals surface area (Å²) in [5.74, 6) is -4.68. The fraction of sp³-hybridized carbons (Fsp3) is 0.176. The molecule has 1 amide bonds. The number of hydrogen-bond donors (Lipinski definition) is 1. The molecule has 1 N–H and O–H groups in total. The number of anilines is 1. The monoisotopic (exact) mass is 353 g/mol. The number of halogens is 3. The summed E-state index contributed by atoms with van der Waals surface area (Å²) in [6, 6.07) is 6.45.